The summed E-state index contributed by atoms with van der Waals surface area (Å²) in [5.74, 6) is 0.914. The van der Waals surface area contributed by atoms with Gasteiger partial charge in [0.25, 0.3) is 0 Å². The Kier molecular flexibility index (Phi) is 7.76. The maximum Gasteiger partial charge on any atom is 0.224 e. The summed E-state index contributed by atoms with van der Waals surface area (Å²) in [6.07, 6.45) is 1.33. The van der Waals surface area contributed by atoms with Crippen LogP contribution in [0, 0.1) is 0 Å². The molecule has 28 heavy (non-hydrogen) atoms. The Labute approximate surface area is 188 Å². The van der Waals surface area contributed by atoms with Crippen molar-refractivity contribution in [3.8, 4) is 0 Å². The largest absolute Gasteiger partial charge is 0.356 e. The van der Waals surface area contributed by atoms with Crippen molar-refractivity contribution >= 4 is 57.0 Å². The number of thiophene rings is 1. The number of nitrogens with one attached hydrogen (secondary N) is 1. The number of rotatable bonds is 3. The van der Waals surface area contributed by atoms with Crippen molar-refractivity contribution < 1.29 is 13.2 Å². The van der Waals surface area contributed by atoms with Crippen molar-refractivity contribution in [3.63, 3.8) is 0 Å². The molecule has 0 atom stereocenters. The standard InChI is InChI=1S/C18H28N4O3S2.HI/c1-18(2)13-22(9-11-27(18,24)25)17(19-3)20-7-4-16(23)21-8-5-15-14(12-21)6-10-26-15;/h6,10H,4-5,7-9,11-13H2,1-3H3,(H,19,20);1H. The van der Waals surface area contributed by atoms with Crippen LogP contribution in [-0.2, 0) is 27.6 Å². The number of carbonyl (C=O) groups excluding carboxylic acids is 1. The number of amides is 1. The van der Waals surface area contributed by atoms with Gasteiger partial charge in [0.2, 0.25) is 5.91 Å². The van der Waals surface area contributed by atoms with Crippen molar-refractivity contribution in [2.45, 2.75) is 38.0 Å². The van der Waals surface area contributed by atoms with E-state index in [2.05, 4.69) is 21.8 Å². The van der Waals surface area contributed by atoms with Crippen molar-refractivity contribution in [2.75, 3.05) is 39.0 Å². The number of hydrogen-bond acceptors (Lipinski definition) is 5. The van der Waals surface area contributed by atoms with Crippen LogP contribution in [0.15, 0.2) is 16.4 Å². The molecule has 1 aromatic heterocycles. The number of fused-ring (bicyclic) bond motifs is 1. The molecule has 0 radical (unpaired) electrons. The second kappa shape index (κ2) is 9.29. The van der Waals surface area contributed by atoms with Crippen molar-refractivity contribution in [1.82, 2.24) is 15.1 Å². The molecule has 1 fully saturated rings. The van der Waals surface area contributed by atoms with Gasteiger partial charge in [-0.05, 0) is 37.3 Å². The third-order valence-electron chi connectivity index (χ3n) is 5.34. The van der Waals surface area contributed by atoms with Crippen LogP contribution in [0.25, 0.3) is 0 Å². The first-order chi connectivity index (χ1) is 12.7. The molecule has 1 aromatic rings. The van der Waals surface area contributed by atoms with Gasteiger partial charge in [-0.3, -0.25) is 9.79 Å². The number of aliphatic imine (C=N–C) groups is 1. The molecule has 0 aliphatic carbocycles. The monoisotopic (exact) mass is 540 g/mol. The lowest BCUT2D eigenvalue weighted by Crippen LogP contribution is -2.57. The first-order valence-electron chi connectivity index (χ1n) is 9.24. The molecule has 10 heteroatoms. The van der Waals surface area contributed by atoms with Crippen LogP contribution in [0.2, 0.25) is 0 Å². The summed E-state index contributed by atoms with van der Waals surface area (Å²) in [4.78, 5) is 22.1. The Hall–Kier alpha value is -0.880. The summed E-state index contributed by atoms with van der Waals surface area (Å²) >= 11 is 1.76. The summed E-state index contributed by atoms with van der Waals surface area (Å²) in [6, 6.07) is 2.10. The minimum absolute atomic E-state index is 0. The number of halogens is 1. The second-order valence-corrected chi connectivity index (χ2v) is 11.4. The van der Waals surface area contributed by atoms with Crippen LogP contribution in [0.1, 0.15) is 30.7 Å². The summed E-state index contributed by atoms with van der Waals surface area (Å²) in [5, 5.41) is 5.31. The van der Waals surface area contributed by atoms with Crippen molar-refractivity contribution in [1.29, 1.82) is 0 Å². The molecule has 7 nitrogen and oxygen atoms in total. The van der Waals surface area contributed by atoms with Gasteiger partial charge >= 0.3 is 0 Å². The summed E-state index contributed by atoms with van der Waals surface area (Å²) in [7, 11) is -1.40. The Morgan fingerprint density at radius 1 is 1.32 bits per heavy atom. The Balaban J connectivity index is 0.00000280. The van der Waals surface area contributed by atoms with E-state index in [1.807, 2.05) is 9.80 Å². The number of carbonyl (C=O) groups is 1. The Bertz CT molecular complexity index is 836. The predicted molar refractivity (Wildman–Crippen MR) is 124 cm³/mol. The minimum Gasteiger partial charge on any atom is -0.356 e. The zero-order chi connectivity index (χ0) is 19.7. The van der Waals surface area contributed by atoms with Crippen LogP contribution in [0.4, 0.5) is 0 Å². The quantitative estimate of drug-likeness (QED) is 0.359. The average molecular weight is 540 g/mol. The normalized spacial score (nSPS) is 20.9. The number of nitrogens with zero attached hydrogens (tertiary/aromatic N) is 3. The first-order valence-corrected chi connectivity index (χ1v) is 11.8. The highest BCUT2D eigenvalue weighted by Crippen LogP contribution is 2.25. The van der Waals surface area contributed by atoms with Crippen LogP contribution in [-0.4, -0.2) is 73.8 Å². The zero-order valence-electron chi connectivity index (χ0n) is 16.6. The molecule has 3 heterocycles. The fourth-order valence-corrected chi connectivity index (χ4v) is 5.81. The smallest absolute Gasteiger partial charge is 0.224 e. The van der Waals surface area contributed by atoms with Gasteiger partial charge in [-0.25, -0.2) is 8.42 Å². The van der Waals surface area contributed by atoms with Crippen LogP contribution >= 0.6 is 35.3 Å². The average Bonchev–Trinajstić information content (AvgIpc) is 3.09. The van der Waals surface area contributed by atoms with Crippen LogP contribution in [0.3, 0.4) is 0 Å². The molecule has 0 aromatic carbocycles. The molecule has 0 saturated carbocycles. The van der Waals surface area contributed by atoms with E-state index in [1.165, 1.54) is 10.4 Å². The lowest BCUT2D eigenvalue weighted by molar-refractivity contribution is -0.131. The van der Waals surface area contributed by atoms with Gasteiger partial charge in [0.15, 0.2) is 15.8 Å². The molecule has 0 unspecified atom stereocenters. The number of hydrogen-bond donors (Lipinski definition) is 1. The topological polar surface area (TPSA) is 82.1 Å². The molecule has 1 N–H and O–H groups in total. The van der Waals surface area contributed by atoms with Gasteiger partial charge < -0.3 is 15.1 Å². The molecular weight excluding hydrogens is 511 g/mol. The second-order valence-electron chi connectivity index (χ2n) is 7.66. The van der Waals surface area contributed by atoms with E-state index in [0.29, 0.717) is 38.6 Å². The third-order valence-corrected chi connectivity index (χ3v) is 8.89. The molecule has 158 valence electrons. The van der Waals surface area contributed by atoms with Gasteiger partial charge in [0.1, 0.15) is 0 Å². The maximum atomic E-state index is 12.5. The van der Waals surface area contributed by atoms with Crippen molar-refractivity contribution in [3.05, 3.63) is 21.9 Å². The third kappa shape index (κ3) is 4.99. The van der Waals surface area contributed by atoms with Gasteiger partial charge in [-0.2, -0.15) is 0 Å². The van der Waals surface area contributed by atoms with E-state index >= 15 is 0 Å². The molecule has 1 amide bonds. The van der Waals surface area contributed by atoms with Crippen LogP contribution in [0.5, 0.6) is 0 Å². The van der Waals surface area contributed by atoms with Crippen molar-refractivity contribution in [2.24, 2.45) is 4.99 Å². The van der Waals surface area contributed by atoms with E-state index < -0.39 is 14.6 Å². The lowest BCUT2D eigenvalue weighted by atomic mass is 10.1. The van der Waals surface area contributed by atoms with Gasteiger partial charge in [-0.1, -0.05) is 0 Å². The van der Waals surface area contributed by atoms with Gasteiger partial charge in [0, 0.05) is 51.1 Å². The van der Waals surface area contributed by atoms with Gasteiger partial charge in [0.05, 0.1) is 10.5 Å². The Morgan fingerprint density at radius 2 is 2.07 bits per heavy atom. The fourth-order valence-electron chi connectivity index (χ4n) is 3.56. The molecule has 2 aliphatic rings. The van der Waals surface area contributed by atoms with Crippen LogP contribution < -0.4 is 5.32 Å². The van der Waals surface area contributed by atoms with E-state index in [1.54, 1.807) is 32.2 Å². The molecule has 3 rings (SSSR count). The number of guanidine groups is 1. The molecular formula is C18H29IN4O3S2. The van der Waals surface area contributed by atoms with E-state index in [4.69, 9.17) is 0 Å². The SMILES string of the molecule is CN=C(NCCC(=O)N1CCc2sccc2C1)N1CCS(=O)(=O)C(C)(C)C1.I. The van der Waals surface area contributed by atoms with E-state index in [9.17, 15) is 13.2 Å². The fraction of sp³-hybridized carbons (Fsp3) is 0.667. The highest BCUT2D eigenvalue weighted by molar-refractivity contribution is 14.0. The molecule has 0 bridgehead atoms. The van der Waals surface area contributed by atoms with E-state index in [-0.39, 0.29) is 35.6 Å². The summed E-state index contributed by atoms with van der Waals surface area (Å²) < 4.78 is 23.5. The lowest BCUT2D eigenvalue weighted by Gasteiger charge is -2.39. The number of sulfone groups is 1. The Morgan fingerprint density at radius 3 is 2.75 bits per heavy atom. The molecule has 1 saturated heterocycles. The van der Waals surface area contributed by atoms with E-state index in [0.717, 1.165) is 13.0 Å². The first kappa shape index (κ1) is 23.4. The summed E-state index contributed by atoms with van der Waals surface area (Å²) in [6.45, 7) is 6.29. The van der Waals surface area contributed by atoms with Gasteiger partial charge in [-0.15, -0.1) is 35.3 Å². The predicted octanol–water partition coefficient (Wildman–Crippen LogP) is 1.73. The molecule has 0 spiro atoms. The highest BCUT2D eigenvalue weighted by atomic mass is 127. The minimum atomic E-state index is -3.09. The molecule has 2 aliphatic heterocycles. The summed E-state index contributed by atoms with van der Waals surface area (Å²) in [5.41, 5.74) is 1.26. The maximum absolute atomic E-state index is 12.5. The highest BCUT2D eigenvalue weighted by Gasteiger charge is 2.40. The zero-order valence-corrected chi connectivity index (χ0v) is 20.6.